The van der Waals surface area contributed by atoms with Gasteiger partial charge >= 0.3 is 12.1 Å². The molecule has 9 heteroatoms. The lowest BCUT2D eigenvalue weighted by atomic mass is 10.1. The highest BCUT2D eigenvalue weighted by molar-refractivity contribution is 5.95. The first-order chi connectivity index (χ1) is 11.1. The molecule has 1 rings (SSSR count). The van der Waals surface area contributed by atoms with Crippen LogP contribution in [0, 0.1) is 0 Å². The van der Waals surface area contributed by atoms with Gasteiger partial charge in [0, 0.05) is 12.0 Å². The molecule has 0 aromatic heterocycles. The molecule has 0 heterocycles. The maximum absolute atomic E-state index is 12.6. The predicted octanol–water partition coefficient (Wildman–Crippen LogP) is 2.18. The van der Waals surface area contributed by atoms with E-state index < -0.39 is 37.1 Å². The second-order valence-electron chi connectivity index (χ2n) is 4.85. The van der Waals surface area contributed by atoms with Crippen LogP contribution in [0.3, 0.4) is 0 Å². The molecule has 0 saturated heterocycles. The normalized spacial score (nSPS) is 12.3. The van der Waals surface area contributed by atoms with Gasteiger partial charge in [-0.25, -0.2) is 0 Å². The minimum Gasteiger partial charge on any atom is -0.484 e. The number of carboxylic acids is 1. The quantitative estimate of drug-likeness (QED) is 0.703. The molecule has 1 amide bonds. The van der Waals surface area contributed by atoms with Crippen LogP contribution in [0.4, 0.5) is 13.2 Å². The highest BCUT2D eigenvalue weighted by Gasteiger charge is 2.42. The van der Waals surface area contributed by atoms with E-state index in [-0.39, 0.29) is 11.5 Å². The first kappa shape index (κ1) is 19.5. The average Bonchev–Trinajstić information content (AvgIpc) is 2.50. The lowest BCUT2D eigenvalue weighted by molar-refractivity contribution is -0.170. The van der Waals surface area contributed by atoms with E-state index in [1.54, 1.807) is 12.2 Å². The first-order valence-corrected chi connectivity index (χ1v) is 6.97. The number of ketones is 1. The third-order valence-electron chi connectivity index (χ3n) is 2.98. The van der Waals surface area contributed by atoms with Crippen LogP contribution in [0.25, 0.3) is 0 Å². The van der Waals surface area contributed by atoms with Crippen molar-refractivity contribution in [3.63, 3.8) is 0 Å². The Hall–Kier alpha value is -2.58. The van der Waals surface area contributed by atoms with Crippen LogP contribution in [0.5, 0.6) is 5.75 Å². The third-order valence-corrected chi connectivity index (χ3v) is 2.98. The van der Waals surface area contributed by atoms with E-state index in [9.17, 15) is 27.6 Å². The van der Waals surface area contributed by atoms with Crippen molar-refractivity contribution in [3.8, 4) is 5.75 Å². The molecule has 132 valence electrons. The van der Waals surface area contributed by atoms with Crippen LogP contribution in [0.1, 0.15) is 30.1 Å². The first-order valence-electron chi connectivity index (χ1n) is 6.97. The van der Waals surface area contributed by atoms with E-state index in [0.29, 0.717) is 12.0 Å². The van der Waals surface area contributed by atoms with Crippen molar-refractivity contribution >= 4 is 17.7 Å². The van der Waals surface area contributed by atoms with E-state index in [2.05, 4.69) is 0 Å². The molecule has 0 spiro atoms. The molecular formula is C15H16F3NO5. The standard InChI is InChI=1S/C15H16F3NO5/c1-2-11(20)9-3-5-10(6-4-9)24-8-13(21)19-12(7-14(22)23)15(16,17)18/h3-6,12H,2,7-8H2,1H3,(H,19,21)(H,22,23)/t12-/m1/s1. The van der Waals surface area contributed by atoms with Gasteiger partial charge < -0.3 is 15.2 Å². The predicted molar refractivity (Wildman–Crippen MR) is 76.8 cm³/mol. The Morgan fingerprint density at radius 1 is 1.21 bits per heavy atom. The summed E-state index contributed by atoms with van der Waals surface area (Å²) in [5, 5.41) is 10.0. The summed E-state index contributed by atoms with van der Waals surface area (Å²) in [6.45, 7) is 0.985. The number of amides is 1. The summed E-state index contributed by atoms with van der Waals surface area (Å²) in [5.41, 5.74) is 0.452. The van der Waals surface area contributed by atoms with E-state index in [1.807, 2.05) is 0 Å². The van der Waals surface area contributed by atoms with Crippen molar-refractivity contribution in [2.24, 2.45) is 0 Å². The fourth-order valence-corrected chi connectivity index (χ4v) is 1.75. The summed E-state index contributed by atoms with van der Waals surface area (Å²) in [5.74, 6) is -2.68. The van der Waals surface area contributed by atoms with Gasteiger partial charge in [-0.1, -0.05) is 6.92 Å². The minimum atomic E-state index is -4.88. The second kappa shape index (κ2) is 8.32. The zero-order valence-electron chi connectivity index (χ0n) is 12.7. The van der Waals surface area contributed by atoms with Gasteiger partial charge in [-0.05, 0) is 24.3 Å². The zero-order chi connectivity index (χ0) is 18.3. The molecule has 1 atom stereocenters. The fraction of sp³-hybridized carbons (Fsp3) is 0.400. The van der Waals surface area contributed by atoms with Crippen molar-refractivity contribution in [1.82, 2.24) is 5.32 Å². The van der Waals surface area contributed by atoms with Crippen LogP contribution in [-0.4, -0.2) is 41.6 Å². The van der Waals surface area contributed by atoms with Crippen molar-refractivity contribution in [2.45, 2.75) is 32.0 Å². The van der Waals surface area contributed by atoms with Gasteiger partial charge in [-0.2, -0.15) is 13.2 Å². The summed E-state index contributed by atoms with van der Waals surface area (Å²) in [4.78, 5) is 33.3. The van der Waals surface area contributed by atoms with Gasteiger partial charge in [0.1, 0.15) is 11.8 Å². The molecule has 0 saturated carbocycles. The number of halogens is 3. The Morgan fingerprint density at radius 2 is 1.79 bits per heavy atom. The molecular weight excluding hydrogens is 331 g/mol. The summed E-state index contributed by atoms with van der Waals surface area (Å²) < 4.78 is 42.8. The van der Waals surface area contributed by atoms with Crippen LogP contribution in [0.15, 0.2) is 24.3 Å². The molecule has 0 bridgehead atoms. The Balaban J connectivity index is 2.58. The molecule has 0 fully saturated rings. The summed E-state index contributed by atoms with van der Waals surface area (Å²) in [6.07, 6.45) is -5.83. The lowest BCUT2D eigenvalue weighted by Gasteiger charge is -2.20. The van der Waals surface area contributed by atoms with Crippen molar-refractivity contribution < 1.29 is 37.4 Å². The SMILES string of the molecule is CCC(=O)c1ccc(OCC(=O)N[C@H](CC(=O)O)C(F)(F)F)cc1. The van der Waals surface area contributed by atoms with Crippen molar-refractivity contribution in [1.29, 1.82) is 0 Å². The smallest absolute Gasteiger partial charge is 0.409 e. The number of nitrogens with one attached hydrogen (secondary N) is 1. The van der Waals surface area contributed by atoms with Gasteiger partial charge in [0.15, 0.2) is 12.4 Å². The molecule has 0 aliphatic heterocycles. The van der Waals surface area contributed by atoms with Gasteiger partial charge in [0.25, 0.3) is 5.91 Å². The number of Topliss-reactive ketones (excluding diaryl/α,β-unsaturated/α-hetero) is 1. The maximum Gasteiger partial charge on any atom is 0.409 e. The highest BCUT2D eigenvalue weighted by Crippen LogP contribution is 2.22. The molecule has 1 aromatic rings. The van der Waals surface area contributed by atoms with Crippen LogP contribution in [0.2, 0.25) is 0 Å². The van der Waals surface area contributed by atoms with Crippen molar-refractivity contribution in [3.05, 3.63) is 29.8 Å². The van der Waals surface area contributed by atoms with Crippen LogP contribution < -0.4 is 10.1 Å². The van der Waals surface area contributed by atoms with Gasteiger partial charge in [0.2, 0.25) is 0 Å². The fourth-order valence-electron chi connectivity index (χ4n) is 1.75. The Bertz CT molecular complexity index is 598. The number of aliphatic carboxylic acids is 1. The zero-order valence-corrected chi connectivity index (χ0v) is 12.7. The number of carbonyl (C=O) groups is 3. The van der Waals surface area contributed by atoms with E-state index in [0.717, 1.165) is 0 Å². The number of alkyl halides is 3. The molecule has 0 aliphatic carbocycles. The van der Waals surface area contributed by atoms with E-state index in [1.165, 1.54) is 24.3 Å². The molecule has 0 radical (unpaired) electrons. The Morgan fingerprint density at radius 3 is 2.25 bits per heavy atom. The van der Waals surface area contributed by atoms with Gasteiger partial charge in [-0.15, -0.1) is 0 Å². The van der Waals surface area contributed by atoms with Gasteiger partial charge in [-0.3, -0.25) is 14.4 Å². The monoisotopic (exact) mass is 347 g/mol. The van der Waals surface area contributed by atoms with Gasteiger partial charge in [0.05, 0.1) is 6.42 Å². The number of benzene rings is 1. The molecule has 24 heavy (non-hydrogen) atoms. The van der Waals surface area contributed by atoms with Crippen LogP contribution in [-0.2, 0) is 9.59 Å². The topological polar surface area (TPSA) is 92.7 Å². The lowest BCUT2D eigenvalue weighted by Crippen LogP contribution is -2.48. The molecule has 6 nitrogen and oxygen atoms in total. The molecule has 0 aliphatic rings. The number of hydrogen-bond donors (Lipinski definition) is 2. The average molecular weight is 347 g/mol. The van der Waals surface area contributed by atoms with E-state index >= 15 is 0 Å². The third kappa shape index (κ3) is 6.27. The number of ether oxygens (including phenoxy) is 1. The van der Waals surface area contributed by atoms with Crippen LogP contribution >= 0.6 is 0 Å². The summed E-state index contributed by atoms with van der Waals surface area (Å²) >= 11 is 0. The Labute approximate surface area is 135 Å². The molecule has 0 unspecified atom stereocenters. The molecule has 2 N–H and O–H groups in total. The number of rotatable bonds is 8. The molecule has 1 aromatic carbocycles. The highest BCUT2D eigenvalue weighted by atomic mass is 19.4. The maximum atomic E-state index is 12.6. The number of carboxylic acid groups (broad SMARTS) is 1. The summed E-state index contributed by atoms with van der Waals surface area (Å²) in [7, 11) is 0. The second-order valence-corrected chi connectivity index (χ2v) is 4.85. The largest absolute Gasteiger partial charge is 0.484 e. The summed E-state index contributed by atoms with van der Waals surface area (Å²) in [6, 6.07) is 3.28. The number of hydrogen-bond acceptors (Lipinski definition) is 4. The number of carbonyl (C=O) groups excluding carboxylic acids is 2. The van der Waals surface area contributed by atoms with E-state index in [4.69, 9.17) is 9.84 Å². The Kier molecular flexibility index (Phi) is 6.75. The minimum absolute atomic E-state index is 0.0824. The van der Waals surface area contributed by atoms with Crippen molar-refractivity contribution in [2.75, 3.05) is 6.61 Å².